The van der Waals surface area contributed by atoms with Gasteiger partial charge >= 0.3 is 0 Å². The molecule has 1 aromatic rings. The SMILES string of the molecule is CCCCNC(=O)CN1C(=O)C(C)Nc2cc(Cl)ccc21. The second-order valence-electron chi connectivity index (χ2n) is 5.16. The van der Waals surface area contributed by atoms with E-state index >= 15 is 0 Å². The fourth-order valence-corrected chi connectivity index (χ4v) is 2.45. The first-order valence-electron chi connectivity index (χ1n) is 7.17. The van der Waals surface area contributed by atoms with Gasteiger partial charge in [0, 0.05) is 11.6 Å². The van der Waals surface area contributed by atoms with Gasteiger partial charge in [-0.15, -0.1) is 0 Å². The topological polar surface area (TPSA) is 61.4 Å². The summed E-state index contributed by atoms with van der Waals surface area (Å²) < 4.78 is 0. The first kappa shape index (κ1) is 15.6. The lowest BCUT2D eigenvalue weighted by Crippen LogP contribution is -2.49. The van der Waals surface area contributed by atoms with Crippen LogP contribution in [0.15, 0.2) is 18.2 Å². The Labute approximate surface area is 129 Å². The van der Waals surface area contributed by atoms with Crippen molar-refractivity contribution >= 4 is 34.8 Å². The summed E-state index contributed by atoms with van der Waals surface area (Å²) in [6.45, 7) is 4.50. The van der Waals surface area contributed by atoms with E-state index in [1.54, 1.807) is 25.1 Å². The van der Waals surface area contributed by atoms with Gasteiger partial charge in [-0.25, -0.2) is 0 Å². The van der Waals surface area contributed by atoms with Gasteiger partial charge in [0.05, 0.1) is 11.4 Å². The minimum absolute atomic E-state index is 0.0310. The van der Waals surface area contributed by atoms with E-state index in [4.69, 9.17) is 11.6 Å². The van der Waals surface area contributed by atoms with Gasteiger partial charge in [0.15, 0.2) is 0 Å². The molecule has 0 spiro atoms. The molecule has 2 N–H and O–H groups in total. The fourth-order valence-electron chi connectivity index (χ4n) is 2.27. The molecule has 2 rings (SSSR count). The van der Waals surface area contributed by atoms with Gasteiger partial charge in [-0.2, -0.15) is 0 Å². The van der Waals surface area contributed by atoms with Crippen molar-refractivity contribution in [3.63, 3.8) is 0 Å². The molecular weight excluding hydrogens is 290 g/mol. The molecule has 1 unspecified atom stereocenters. The summed E-state index contributed by atoms with van der Waals surface area (Å²) in [5.41, 5.74) is 1.46. The third-order valence-corrected chi connectivity index (χ3v) is 3.65. The van der Waals surface area contributed by atoms with Crippen LogP contribution in [0.5, 0.6) is 0 Å². The Morgan fingerprint density at radius 3 is 2.95 bits per heavy atom. The van der Waals surface area contributed by atoms with Gasteiger partial charge < -0.3 is 10.6 Å². The zero-order chi connectivity index (χ0) is 15.4. The number of hydrogen-bond acceptors (Lipinski definition) is 3. The number of benzene rings is 1. The number of carbonyl (C=O) groups excluding carboxylic acids is 2. The molecule has 0 aliphatic carbocycles. The Kier molecular flexibility index (Phi) is 5.07. The van der Waals surface area contributed by atoms with Gasteiger partial charge in [0.1, 0.15) is 12.6 Å². The lowest BCUT2D eigenvalue weighted by atomic mass is 10.1. The molecule has 0 radical (unpaired) electrons. The third kappa shape index (κ3) is 3.67. The highest BCUT2D eigenvalue weighted by Crippen LogP contribution is 2.33. The Bertz CT molecular complexity index is 548. The highest BCUT2D eigenvalue weighted by Gasteiger charge is 2.30. The lowest BCUT2D eigenvalue weighted by Gasteiger charge is -2.33. The molecular formula is C15H20ClN3O2. The maximum absolute atomic E-state index is 12.3. The molecule has 1 aliphatic heterocycles. The molecule has 0 fully saturated rings. The average Bonchev–Trinajstić information content (AvgIpc) is 2.44. The minimum atomic E-state index is -0.376. The minimum Gasteiger partial charge on any atom is -0.372 e. The van der Waals surface area contributed by atoms with E-state index < -0.39 is 0 Å². The van der Waals surface area contributed by atoms with Gasteiger partial charge in [0.2, 0.25) is 11.8 Å². The number of unbranched alkanes of at least 4 members (excludes halogenated alkanes) is 1. The third-order valence-electron chi connectivity index (χ3n) is 3.41. The summed E-state index contributed by atoms with van der Waals surface area (Å²) in [6, 6.07) is 4.86. The van der Waals surface area contributed by atoms with Crippen molar-refractivity contribution in [1.82, 2.24) is 5.32 Å². The van der Waals surface area contributed by atoms with Crippen LogP contribution in [0.25, 0.3) is 0 Å². The molecule has 0 saturated heterocycles. The summed E-state index contributed by atoms with van der Waals surface area (Å²) in [6.07, 6.45) is 1.95. The summed E-state index contributed by atoms with van der Waals surface area (Å²) >= 11 is 5.98. The van der Waals surface area contributed by atoms with Gasteiger partial charge in [-0.1, -0.05) is 24.9 Å². The Balaban J connectivity index is 2.14. The maximum Gasteiger partial charge on any atom is 0.249 e. The predicted molar refractivity (Wildman–Crippen MR) is 84.8 cm³/mol. The molecule has 21 heavy (non-hydrogen) atoms. The standard InChI is InChI=1S/C15H20ClN3O2/c1-3-4-7-17-14(20)9-19-13-6-5-11(16)8-12(13)18-10(2)15(19)21/h5-6,8,10,18H,3-4,7,9H2,1-2H3,(H,17,20). The fraction of sp³-hybridized carbons (Fsp3) is 0.467. The molecule has 1 aromatic carbocycles. The van der Waals surface area contributed by atoms with Crippen molar-refractivity contribution in [2.45, 2.75) is 32.7 Å². The van der Waals surface area contributed by atoms with Gasteiger partial charge in [-0.3, -0.25) is 14.5 Å². The molecule has 1 heterocycles. The van der Waals surface area contributed by atoms with E-state index in [2.05, 4.69) is 17.6 Å². The van der Waals surface area contributed by atoms with Crippen LogP contribution >= 0.6 is 11.6 Å². The molecule has 114 valence electrons. The molecule has 1 atom stereocenters. The molecule has 0 aromatic heterocycles. The lowest BCUT2D eigenvalue weighted by molar-refractivity contribution is -0.124. The second kappa shape index (κ2) is 6.80. The van der Waals surface area contributed by atoms with Crippen LogP contribution in [0.2, 0.25) is 5.02 Å². The summed E-state index contributed by atoms with van der Waals surface area (Å²) in [7, 11) is 0. The first-order chi connectivity index (χ1) is 10.0. The van der Waals surface area contributed by atoms with Crippen molar-refractivity contribution in [3.8, 4) is 0 Å². The van der Waals surface area contributed by atoms with E-state index in [-0.39, 0.29) is 24.4 Å². The van der Waals surface area contributed by atoms with Crippen LogP contribution in [0.3, 0.4) is 0 Å². The van der Waals surface area contributed by atoms with Crippen molar-refractivity contribution in [2.75, 3.05) is 23.3 Å². The molecule has 0 saturated carbocycles. The van der Waals surface area contributed by atoms with E-state index in [0.717, 1.165) is 18.5 Å². The van der Waals surface area contributed by atoms with E-state index in [9.17, 15) is 9.59 Å². The summed E-state index contributed by atoms with van der Waals surface area (Å²) in [4.78, 5) is 25.8. The zero-order valence-corrected chi connectivity index (χ0v) is 13.0. The molecule has 2 amide bonds. The van der Waals surface area contributed by atoms with Gasteiger partial charge in [-0.05, 0) is 31.5 Å². The molecule has 5 nitrogen and oxygen atoms in total. The largest absolute Gasteiger partial charge is 0.372 e. The highest BCUT2D eigenvalue weighted by molar-refractivity contribution is 6.31. The van der Waals surface area contributed by atoms with Gasteiger partial charge in [0.25, 0.3) is 0 Å². The summed E-state index contributed by atoms with van der Waals surface area (Å²) in [5.74, 6) is -0.262. The Hall–Kier alpha value is -1.75. The quantitative estimate of drug-likeness (QED) is 0.821. The number of nitrogens with zero attached hydrogens (tertiary/aromatic N) is 1. The number of fused-ring (bicyclic) bond motifs is 1. The number of amides is 2. The summed E-state index contributed by atoms with van der Waals surface area (Å²) in [5, 5.41) is 6.52. The van der Waals surface area contributed by atoms with Crippen LogP contribution in [0.1, 0.15) is 26.7 Å². The highest BCUT2D eigenvalue weighted by atomic mass is 35.5. The molecule has 0 bridgehead atoms. The second-order valence-corrected chi connectivity index (χ2v) is 5.59. The Morgan fingerprint density at radius 2 is 2.24 bits per heavy atom. The van der Waals surface area contributed by atoms with E-state index in [1.807, 2.05) is 0 Å². The van der Waals surface area contributed by atoms with Crippen LogP contribution in [0.4, 0.5) is 11.4 Å². The normalized spacial score (nSPS) is 17.2. The Morgan fingerprint density at radius 1 is 1.48 bits per heavy atom. The van der Waals surface area contributed by atoms with Crippen molar-refractivity contribution in [3.05, 3.63) is 23.2 Å². The zero-order valence-electron chi connectivity index (χ0n) is 12.3. The van der Waals surface area contributed by atoms with E-state index in [1.165, 1.54) is 4.90 Å². The molecule has 6 heteroatoms. The predicted octanol–water partition coefficient (Wildman–Crippen LogP) is 2.40. The molecule has 1 aliphatic rings. The maximum atomic E-state index is 12.3. The average molecular weight is 310 g/mol. The van der Waals surface area contributed by atoms with Crippen molar-refractivity contribution < 1.29 is 9.59 Å². The van der Waals surface area contributed by atoms with E-state index in [0.29, 0.717) is 17.3 Å². The smallest absolute Gasteiger partial charge is 0.249 e. The van der Waals surface area contributed by atoms with Crippen molar-refractivity contribution in [1.29, 1.82) is 0 Å². The number of anilines is 2. The number of carbonyl (C=O) groups is 2. The van der Waals surface area contributed by atoms with Crippen LogP contribution in [-0.2, 0) is 9.59 Å². The van der Waals surface area contributed by atoms with Crippen LogP contribution in [0, 0.1) is 0 Å². The van der Waals surface area contributed by atoms with Crippen molar-refractivity contribution in [2.24, 2.45) is 0 Å². The van der Waals surface area contributed by atoms with Crippen LogP contribution in [-0.4, -0.2) is 30.9 Å². The number of hydrogen-bond donors (Lipinski definition) is 2. The number of rotatable bonds is 5. The number of nitrogens with one attached hydrogen (secondary N) is 2. The van der Waals surface area contributed by atoms with Crippen LogP contribution < -0.4 is 15.5 Å². The first-order valence-corrected chi connectivity index (χ1v) is 7.55. The monoisotopic (exact) mass is 309 g/mol. The number of halogens is 1.